The van der Waals surface area contributed by atoms with Crippen LogP contribution < -0.4 is 0 Å². The molecule has 5 nitrogen and oxygen atoms in total. The minimum atomic E-state index is -0.374. The molecule has 0 unspecified atom stereocenters. The van der Waals surface area contributed by atoms with Gasteiger partial charge >= 0.3 is 0 Å². The normalized spacial score (nSPS) is 16.3. The molecule has 5 heteroatoms. The first kappa shape index (κ1) is 13.3. The molecule has 1 aliphatic heterocycles. The maximum absolute atomic E-state index is 10.8. The van der Waals surface area contributed by atoms with Gasteiger partial charge in [0.2, 0.25) is 0 Å². The average molecular weight is 259 g/mol. The van der Waals surface area contributed by atoms with Crippen LogP contribution in [0, 0.1) is 10.1 Å². The van der Waals surface area contributed by atoms with Crippen LogP contribution in [0.5, 0.6) is 0 Å². The average Bonchev–Trinajstić information content (AvgIpc) is 2.45. The molecule has 0 amide bonds. The van der Waals surface area contributed by atoms with Crippen LogP contribution in [0.25, 0.3) is 6.08 Å². The largest absolute Gasteiger partial charge is 0.297 e. The van der Waals surface area contributed by atoms with Gasteiger partial charge in [0.15, 0.2) is 0 Å². The van der Waals surface area contributed by atoms with Crippen LogP contribution in [0.1, 0.15) is 24.8 Å². The van der Waals surface area contributed by atoms with Gasteiger partial charge in [0.05, 0.1) is 10.5 Å². The van der Waals surface area contributed by atoms with E-state index >= 15 is 0 Å². The summed E-state index contributed by atoms with van der Waals surface area (Å²) in [5.74, 6) is 0. The maximum Gasteiger partial charge on any atom is 0.276 e. The predicted molar refractivity (Wildman–Crippen MR) is 76.0 cm³/mol. The van der Waals surface area contributed by atoms with E-state index in [0.29, 0.717) is 5.56 Å². The lowest BCUT2D eigenvalue weighted by Crippen LogP contribution is -2.24. The van der Waals surface area contributed by atoms with Gasteiger partial charge in [0, 0.05) is 25.4 Å². The number of benzene rings is 1. The Hall–Kier alpha value is -2.17. The summed E-state index contributed by atoms with van der Waals surface area (Å²) in [6.07, 6.45) is 8.80. The first-order valence-electron chi connectivity index (χ1n) is 6.46. The van der Waals surface area contributed by atoms with Crippen molar-refractivity contribution in [3.8, 4) is 0 Å². The van der Waals surface area contributed by atoms with Crippen LogP contribution in [0.2, 0.25) is 0 Å². The van der Waals surface area contributed by atoms with Crippen LogP contribution in [-0.2, 0) is 0 Å². The van der Waals surface area contributed by atoms with Gasteiger partial charge in [0.1, 0.15) is 0 Å². The number of allylic oxidation sites excluding steroid dienone is 1. The van der Waals surface area contributed by atoms with E-state index < -0.39 is 0 Å². The van der Waals surface area contributed by atoms with Crippen molar-refractivity contribution < 1.29 is 4.92 Å². The number of hydrazone groups is 1. The molecule has 0 atom stereocenters. The van der Waals surface area contributed by atoms with Gasteiger partial charge in [-0.1, -0.05) is 12.1 Å². The van der Waals surface area contributed by atoms with Crippen molar-refractivity contribution in [2.24, 2.45) is 5.10 Å². The van der Waals surface area contributed by atoms with Crippen molar-refractivity contribution in [3.63, 3.8) is 0 Å². The molecule has 1 heterocycles. The van der Waals surface area contributed by atoms with Gasteiger partial charge in [-0.05, 0) is 37.5 Å². The van der Waals surface area contributed by atoms with Crippen LogP contribution in [0.15, 0.2) is 35.4 Å². The van der Waals surface area contributed by atoms with E-state index in [2.05, 4.69) is 5.10 Å². The molecule has 0 aliphatic carbocycles. The molecular weight excluding hydrogens is 242 g/mol. The first-order chi connectivity index (χ1) is 9.27. The summed E-state index contributed by atoms with van der Waals surface area (Å²) in [6.45, 7) is 1.99. The third kappa shape index (κ3) is 3.91. The summed E-state index contributed by atoms with van der Waals surface area (Å²) in [6, 6.07) is 6.68. The van der Waals surface area contributed by atoms with Crippen molar-refractivity contribution in [1.29, 1.82) is 0 Å². The number of nitrogens with zero attached hydrogens (tertiary/aromatic N) is 3. The van der Waals surface area contributed by atoms with E-state index in [-0.39, 0.29) is 10.6 Å². The van der Waals surface area contributed by atoms with Crippen LogP contribution >= 0.6 is 0 Å². The summed E-state index contributed by atoms with van der Waals surface area (Å²) in [4.78, 5) is 10.5. The molecule has 19 heavy (non-hydrogen) atoms. The highest BCUT2D eigenvalue weighted by atomic mass is 16.6. The third-order valence-electron chi connectivity index (χ3n) is 3.06. The van der Waals surface area contributed by atoms with Crippen molar-refractivity contribution in [2.45, 2.75) is 19.3 Å². The smallest absolute Gasteiger partial charge is 0.276 e. The molecular formula is C14H17N3O2. The summed E-state index contributed by atoms with van der Waals surface area (Å²) in [5, 5.41) is 17.2. The minimum absolute atomic E-state index is 0.116. The Bertz CT molecular complexity index is 491. The van der Waals surface area contributed by atoms with Crippen molar-refractivity contribution in [1.82, 2.24) is 5.01 Å². The summed E-state index contributed by atoms with van der Waals surface area (Å²) in [5.41, 5.74) is 0.711. The predicted octanol–water partition coefficient (Wildman–Crippen LogP) is 3.08. The highest BCUT2D eigenvalue weighted by Crippen LogP contribution is 2.18. The molecule has 1 fully saturated rings. The lowest BCUT2D eigenvalue weighted by Gasteiger charge is -2.22. The molecule has 0 bridgehead atoms. The number of piperidine rings is 1. The zero-order chi connectivity index (χ0) is 13.5. The summed E-state index contributed by atoms with van der Waals surface area (Å²) < 4.78 is 0. The molecule has 1 aromatic rings. The zero-order valence-corrected chi connectivity index (χ0v) is 10.7. The van der Waals surface area contributed by atoms with Crippen molar-refractivity contribution in [3.05, 3.63) is 46.0 Å². The van der Waals surface area contributed by atoms with Crippen molar-refractivity contribution in [2.75, 3.05) is 13.1 Å². The SMILES string of the molecule is O=[N+]([O-])c1ccccc1/C=C/C=N/N1CCCCC1. The highest BCUT2D eigenvalue weighted by molar-refractivity contribution is 5.79. The van der Waals surface area contributed by atoms with E-state index in [1.54, 1.807) is 36.6 Å². The molecule has 0 spiro atoms. The lowest BCUT2D eigenvalue weighted by atomic mass is 10.1. The Labute approximate surface area is 112 Å². The fourth-order valence-corrected chi connectivity index (χ4v) is 2.07. The number of nitro groups is 1. The molecule has 1 aliphatic rings. The zero-order valence-electron chi connectivity index (χ0n) is 10.7. The monoisotopic (exact) mass is 259 g/mol. The number of nitro benzene ring substituents is 1. The second-order valence-electron chi connectivity index (χ2n) is 4.45. The third-order valence-corrected chi connectivity index (χ3v) is 3.06. The van der Waals surface area contributed by atoms with E-state index in [0.717, 1.165) is 13.1 Å². The van der Waals surface area contributed by atoms with Gasteiger partial charge in [-0.15, -0.1) is 0 Å². The molecule has 0 aromatic heterocycles. The van der Waals surface area contributed by atoms with E-state index in [1.165, 1.54) is 25.3 Å². The number of hydrogen-bond donors (Lipinski definition) is 0. The Morgan fingerprint density at radius 3 is 2.68 bits per heavy atom. The highest BCUT2D eigenvalue weighted by Gasteiger charge is 2.08. The topological polar surface area (TPSA) is 58.7 Å². The number of hydrogen-bond acceptors (Lipinski definition) is 4. The van der Waals surface area contributed by atoms with Gasteiger partial charge in [-0.25, -0.2) is 0 Å². The number of rotatable bonds is 4. The molecule has 100 valence electrons. The van der Waals surface area contributed by atoms with Gasteiger partial charge in [-0.2, -0.15) is 5.10 Å². The molecule has 0 saturated carbocycles. The van der Waals surface area contributed by atoms with Gasteiger partial charge in [-0.3, -0.25) is 15.1 Å². The Kier molecular flexibility index (Phi) is 4.66. The Morgan fingerprint density at radius 2 is 1.95 bits per heavy atom. The molecule has 1 aromatic carbocycles. The fraction of sp³-hybridized carbons (Fsp3) is 0.357. The van der Waals surface area contributed by atoms with Crippen LogP contribution in [0.4, 0.5) is 5.69 Å². The second-order valence-corrected chi connectivity index (χ2v) is 4.45. The summed E-state index contributed by atoms with van der Waals surface area (Å²) in [7, 11) is 0. The van der Waals surface area contributed by atoms with E-state index in [9.17, 15) is 10.1 Å². The lowest BCUT2D eigenvalue weighted by molar-refractivity contribution is -0.385. The fourth-order valence-electron chi connectivity index (χ4n) is 2.07. The van der Waals surface area contributed by atoms with Crippen LogP contribution in [-0.4, -0.2) is 29.2 Å². The first-order valence-corrected chi connectivity index (χ1v) is 6.46. The molecule has 2 rings (SSSR count). The Balaban J connectivity index is 1.98. The molecule has 0 N–H and O–H groups in total. The quantitative estimate of drug-likeness (QED) is 0.474. The minimum Gasteiger partial charge on any atom is -0.297 e. The van der Waals surface area contributed by atoms with Gasteiger partial charge in [0.25, 0.3) is 5.69 Å². The Morgan fingerprint density at radius 1 is 1.21 bits per heavy atom. The van der Waals surface area contributed by atoms with Crippen LogP contribution in [0.3, 0.4) is 0 Å². The molecule has 1 saturated heterocycles. The van der Waals surface area contributed by atoms with E-state index in [4.69, 9.17) is 0 Å². The molecule has 0 radical (unpaired) electrons. The maximum atomic E-state index is 10.8. The second kappa shape index (κ2) is 6.68. The summed E-state index contributed by atoms with van der Waals surface area (Å²) >= 11 is 0. The standard InChI is InChI=1S/C14H17N3O2/c18-17(19)14-9-3-2-7-13(14)8-6-10-15-16-11-4-1-5-12-16/h2-3,6-10H,1,4-5,11-12H2/b8-6+,15-10+. The van der Waals surface area contributed by atoms with Crippen molar-refractivity contribution >= 4 is 18.0 Å². The van der Waals surface area contributed by atoms with E-state index in [1.807, 2.05) is 5.01 Å². The van der Waals surface area contributed by atoms with Gasteiger partial charge < -0.3 is 0 Å². The number of para-hydroxylation sites is 1.